The third kappa shape index (κ3) is 2.34. The Morgan fingerprint density at radius 1 is 1.56 bits per heavy atom. The SMILES string of the molecule is C=Cc1c(N2CCCC2)cc(Cl)nc1C(=O)OC. The van der Waals surface area contributed by atoms with E-state index >= 15 is 0 Å². The van der Waals surface area contributed by atoms with E-state index in [2.05, 4.69) is 16.5 Å². The van der Waals surface area contributed by atoms with E-state index in [1.54, 1.807) is 12.1 Å². The molecule has 0 spiro atoms. The maximum atomic E-state index is 11.7. The number of hydrogen-bond acceptors (Lipinski definition) is 4. The summed E-state index contributed by atoms with van der Waals surface area (Å²) in [6, 6.07) is 1.77. The quantitative estimate of drug-likeness (QED) is 0.623. The van der Waals surface area contributed by atoms with Crippen molar-refractivity contribution < 1.29 is 9.53 Å². The maximum absolute atomic E-state index is 11.7. The molecular formula is C13H15ClN2O2. The molecule has 1 aromatic rings. The summed E-state index contributed by atoms with van der Waals surface area (Å²) in [5.74, 6) is -0.493. The van der Waals surface area contributed by atoms with Crippen LogP contribution in [0, 0.1) is 0 Å². The molecule has 0 atom stereocenters. The number of pyridine rings is 1. The van der Waals surface area contributed by atoms with Crippen molar-refractivity contribution in [2.75, 3.05) is 25.1 Å². The van der Waals surface area contributed by atoms with E-state index in [1.165, 1.54) is 7.11 Å². The normalized spacial score (nSPS) is 14.7. The molecule has 0 aromatic carbocycles. The third-order valence-corrected chi connectivity index (χ3v) is 3.23. The topological polar surface area (TPSA) is 42.4 Å². The standard InChI is InChI=1S/C13H15ClN2O2/c1-3-9-10(16-6-4-5-7-16)8-11(14)15-12(9)13(17)18-2/h3,8H,1,4-7H2,2H3. The van der Waals surface area contributed by atoms with E-state index in [1.807, 2.05) is 0 Å². The molecule has 1 aromatic heterocycles. The minimum atomic E-state index is -0.493. The summed E-state index contributed by atoms with van der Waals surface area (Å²) in [6.45, 7) is 5.67. The van der Waals surface area contributed by atoms with Crippen molar-refractivity contribution in [1.82, 2.24) is 4.98 Å². The van der Waals surface area contributed by atoms with Crippen molar-refractivity contribution >= 4 is 29.3 Å². The predicted octanol–water partition coefficient (Wildman–Crippen LogP) is 2.76. The Labute approximate surface area is 111 Å². The van der Waals surface area contributed by atoms with Crippen LogP contribution in [-0.4, -0.2) is 31.2 Å². The predicted molar refractivity (Wildman–Crippen MR) is 72.1 cm³/mol. The van der Waals surface area contributed by atoms with Crippen molar-refractivity contribution in [3.63, 3.8) is 0 Å². The van der Waals surface area contributed by atoms with Crippen LogP contribution in [0.4, 0.5) is 5.69 Å². The van der Waals surface area contributed by atoms with E-state index in [-0.39, 0.29) is 5.69 Å². The molecule has 1 aliphatic rings. The van der Waals surface area contributed by atoms with Crippen molar-refractivity contribution in [2.45, 2.75) is 12.8 Å². The van der Waals surface area contributed by atoms with Gasteiger partial charge in [0.25, 0.3) is 0 Å². The lowest BCUT2D eigenvalue weighted by Gasteiger charge is -2.21. The molecule has 4 nitrogen and oxygen atoms in total. The van der Waals surface area contributed by atoms with Gasteiger partial charge in [0.15, 0.2) is 5.69 Å². The second kappa shape index (κ2) is 5.40. The highest BCUT2D eigenvalue weighted by molar-refractivity contribution is 6.30. The second-order valence-electron chi connectivity index (χ2n) is 4.12. The van der Waals surface area contributed by atoms with E-state index in [4.69, 9.17) is 16.3 Å². The highest BCUT2D eigenvalue weighted by Crippen LogP contribution is 2.30. The van der Waals surface area contributed by atoms with Gasteiger partial charge in [0.2, 0.25) is 0 Å². The fourth-order valence-corrected chi connectivity index (χ4v) is 2.37. The molecule has 1 saturated heterocycles. The van der Waals surface area contributed by atoms with E-state index < -0.39 is 5.97 Å². The molecule has 0 bridgehead atoms. The Morgan fingerprint density at radius 3 is 2.78 bits per heavy atom. The highest BCUT2D eigenvalue weighted by Gasteiger charge is 2.22. The Hall–Kier alpha value is -1.55. The van der Waals surface area contributed by atoms with Gasteiger partial charge in [0, 0.05) is 24.3 Å². The average molecular weight is 267 g/mol. The molecule has 5 heteroatoms. The third-order valence-electron chi connectivity index (χ3n) is 3.04. The molecule has 1 aliphatic heterocycles. The van der Waals surface area contributed by atoms with Gasteiger partial charge in [-0.05, 0) is 18.9 Å². The molecule has 1 fully saturated rings. The molecule has 0 amide bonds. The van der Waals surface area contributed by atoms with E-state index in [0.29, 0.717) is 10.7 Å². The lowest BCUT2D eigenvalue weighted by Crippen LogP contribution is -2.20. The molecule has 96 valence electrons. The van der Waals surface area contributed by atoms with Crippen molar-refractivity contribution in [3.8, 4) is 0 Å². The average Bonchev–Trinajstić information content (AvgIpc) is 2.90. The molecule has 0 saturated carbocycles. The molecular weight excluding hydrogens is 252 g/mol. The van der Waals surface area contributed by atoms with Crippen LogP contribution in [-0.2, 0) is 4.74 Å². The first-order valence-electron chi connectivity index (χ1n) is 5.83. The number of hydrogen-bond donors (Lipinski definition) is 0. The lowest BCUT2D eigenvalue weighted by atomic mass is 10.1. The van der Waals surface area contributed by atoms with Gasteiger partial charge in [-0.1, -0.05) is 24.3 Å². The van der Waals surface area contributed by atoms with Gasteiger partial charge in [-0.25, -0.2) is 9.78 Å². The smallest absolute Gasteiger partial charge is 0.357 e. The molecule has 18 heavy (non-hydrogen) atoms. The summed E-state index contributed by atoms with van der Waals surface area (Å²) in [4.78, 5) is 17.9. The monoisotopic (exact) mass is 266 g/mol. The zero-order valence-electron chi connectivity index (χ0n) is 10.3. The fourth-order valence-electron chi connectivity index (χ4n) is 2.18. The van der Waals surface area contributed by atoms with Gasteiger partial charge >= 0.3 is 5.97 Å². The van der Waals surface area contributed by atoms with Gasteiger partial charge in [-0.3, -0.25) is 0 Å². The molecule has 0 radical (unpaired) electrons. The van der Waals surface area contributed by atoms with Crippen molar-refractivity contribution in [2.24, 2.45) is 0 Å². The summed E-state index contributed by atoms with van der Waals surface area (Å²) >= 11 is 5.98. The number of rotatable bonds is 3. The van der Waals surface area contributed by atoms with Crippen molar-refractivity contribution in [1.29, 1.82) is 0 Å². The van der Waals surface area contributed by atoms with Crippen molar-refractivity contribution in [3.05, 3.63) is 29.1 Å². The molecule has 0 N–H and O–H groups in total. The molecule has 0 aliphatic carbocycles. The number of halogens is 1. The number of methoxy groups -OCH3 is 1. The van der Waals surface area contributed by atoms with Crippen LogP contribution in [0.3, 0.4) is 0 Å². The largest absolute Gasteiger partial charge is 0.464 e. The zero-order valence-corrected chi connectivity index (χ0v) is 11.0. The maximum Gasteiger partial charge on any atom is 0.357 e. The van der Waals surface area contributed by atoms with Gasteiger partial charge in [0.05, 0.1) is 7.11 Å². The Bertz CT molecular complexity index is 482. The van der Waals surface area contributed by atoms with E-state index in [9.17, 15) is 4.79 Å². The summed E-state index contributed by atoms with van der Waals surface area (Å²) < 4.78 is 4.73. The second-order valence-corrected chi connectivity index (χ2v) is 4.50. The Kier molecular flexibility index (Phi) is 3.87. The minimum absolute atomic E-state index is 0.224. The number of anilines is 1. The first kappa shape index (κ1) is 12.9. The van der Waals surface area contributed by atoms with Crippen LogP contribution in [0.2, 0.25) is 5.15 Å². The summed E-state index contributed by atoms with van der Waals surface area (Å²) in [7, 11) is 1.33. The number of aromatic nitrogens is 1. The first-order valence-corrected chi connectivity index (χ1v) is 6.21. The zero-order chi connectivity index (χ0) is 13.1. The lowest BCUT2D eigenvalue weighted by molar-refractivity contribution is 0.0594. The number of carbonyl (C=O) groups excluding carboxylic acids is 1. The summed E-state index contributed by atoms with van der Waals surface area (Å²) in [5.41, 5.74) is 1.82. The van der Waals surface area contributed by atoms with Crippen LogP contribution >= 0.6 is 11.6 Å². The van der Waals surface area contributed by atoms with Gasteiger partial charge < -0.3 is 9.64 Å². The van der Waals surface area contributed by atoms with Gasteiger partial charge in [-0.15, -0.1) is 0 Å². The summed E-state index contributed by atoms with van der Waals surface area (Å²) in [5, 5.41) is 0.294. The first-order chi connectivity index (χ1) is 8.67. The minimum Gasteiger partial charge on any atom is -0.464 e. The molecule has 2 rings (SSSR count). The number of ether oxygens (including phenoxy) is 1. The Balaban J connectivity index is 2.53. The number of carbonyl (C=O) groups is 1. The van der Waals surface area contributed by atoms with Crippen LogP contribution in [0.25, 0.3) is 6.08 Å². The molecule has 2 heterocycles. The van der Waals surface area contributed by atoms with E-state index in [0.717, 1.165) is 31.6 Å². The van der Waals surface area contributed by atoms with Crippen LogP contribution in [0.15, 0.2) is 12.6 Å². The fraction of sp³-hybridized carbons (Fsp3) is 0.385. The van der Waals surface area contributed by atoms with Crippen LogP contribution < -0.4 is 4.90 Å². The Morgan fingerprint density at radius 2 is 2.22 bits per heavy atom. The number of esters is 1. The number of nitrogens with zero attached hydrogens (tertiary/aromatic N) is 2. The highest BCUT2D eigenvalue weighted by atomic mass is 35.5. The van der Waals surface area contributed by atoms with Gasteiger partial charge in [0.1, 0.15) is 5.15 Å². The molecule has 0 unspecified atom stereocenters. The van der Waals surface area contributed by atoms with Gasteiger partial charge in [-0.2, -0.15) is 0 Å². The van der Waals surface area contributed by atoms with Crippen LogP contribution in [0.1, 0.15) is 28.9 Å². The van der Waals surface area contributed by atoms with Crippen LogP contribution in [0.5, 0.6) is 0 Å². The summed E-state index contributed by atoms with van der Waals surface area (Å²) in [6.07, 6.45) is 3.91.